The van der Waals surface area contributed by atoms with Gasteiger partial charge in [-0.1, -0.05) is 5.56 Å². The fraction of sp³-hybridized carbons (Fsp3) is 0. The first-order chi connectivity index (χ1) is 11.0. The second kappa shape index (κ2) is 12.1. The number of rotatable bonds is 3. The molecule has 13 heteroatoms. The predicted molar refractivity (Wildman–Crippen MR) is 72.7 cm³/mol. The molecule has 0 fully saturated rings. The quantitative estimate of drug-likeness (QED) is 0.210. The first-order valence-corrected chi connectivity index (χ1v) is 8.17. The molecule has 0 bridgehead atoms. The Kier molecular flexibility index (Phi) is 12.9. The number of carbonyl (C=O) groups is 1. The van der Waals surface area contributed by atoms with Crippen LogP contribution in [0.1, 0.15) is 15.9 Å². The van der Waals surface area contributed by atoms with Crippen LogP contribution in [0.2, 0.25) is 0 Å². The third-order valence-corrected chi connectivity index (χ3v) is 3.35. The summed E-state index contributed by atoms with van der Waals surface area (Å²) >= 11 is 0. The Labute approximate surface area is 193 Å². The van der Waals surface area contributed by atoms with E-state index in [2.05, 4.69) is 6.07 Å². The van der Waals surface area contributed by atoms with E-state index in [0.717, 1.165) is 18.2 Å². The van der Waals surface area contributed by atoms with E-state index >= 15 is 0 Å². The van der Waals surface area contributed by atoms with Crippen LogP contribution in [0, 0.1) is 17.7 Å². The molecule has 0 radical (unpaired) electrons. The maximum atomic E-state index is 13.2. The minimum atomic E-state index is -5.02. The smallest absolute Gasteiger partial charge is 0.744 e. The maximum Gasteiger partial charge on any atom is 1.00 e. The van der Waals surface area contributed by atoms with Crippen molar-refractivity contribution >= 4 is 26.5 Å². The molecule has 2 aromatic carbocycles. The second-order valence-corrected chi connectivity index (χ2v) is 5.81. The Balaban J connectivity index is 0. The van der Waals surface area contributed by atoms with Gasteiger partial charge in [0.25, 0.3) is 0 Å². The van der Waals surface area contributed by atoms with Gasteiger partial charge in [0.05, 0.1) is 4.90 Å². The van der Waals surface area contributed by atoms with Crippen LogP contribution in [0.4, 0.5) is 8.78 Å². The minimum absolute atomic E-state index is 0. The van der Waals surface area contributed by atoms with Crippen molar-refractivity contribution in [3.8, 4) is 0 Å². The zero-order valence-electron chi connectivity index (χ0n) is 13.4. The van der Waals surface area contributed by atoms with Crippen LogP contribution >= 0.6 is 0 Å². The van der Waals surface area contributed by atoms with Crippen molar-refractivity contribution in [1.29, 1.82) is 0 Å². The number of ketones is 1. The third-order valence-electron chi connectivity index (χ3n) is 2.50. The number of halogens is 2. The van der Waals surface area contributed by atoms with Gasteiger partial charge in [-0.15, -0.1) is 24.8 Å². The molecule has 7 nitrogen and oxygen atoms in total. The molecule has 2 rings (SSSR count). The first-order valence-electron chi connectivity index (χ1n) is 5.76. The Morgan fingerprint density at radius 3 is 1.92 bits per heavy atom. The Morgan fingerprint density at radius 1 is 1.00 bits per heavy atom. The molecule has 0 saturated heterocycles. The largest absolute Gasteiger partial charge is 1.00 e. The molecule has 0 unspecified atom stereocenters. The summed E-state index contributed by atoms with van der Waals surface area (Å²) < 4.78 is 83.8. The zero-order valence-corrected chi connectivity index (χ0v) is 19.0. The molecule has 0 N–H and O–H groups in total. The Hall–Kier alpha value is -0.500. The van der Waals surface area contributed by atoms with Crippen LogP contribution in [0.15, 0.2) is 41.3 Å². The van der Waals surface area contributed by atoms with Gasteiger partial charge in [0, 0.05) is 11.4 Å². The number of hydrogen-bond donors (Lipinski definition) is 0. The molecular weight excluding hydrogens is 416 g/mol. The molecule has 0 amide bonds. The number of carbonyl (C=O) groups excluding carboxylic acids is 1. The topological polar surface area (TPSA) is 125 Å². The molecular formula is C13H6F2Na2O7S2. The average molecular weight is 422 g/mol. The third kappa shape index (κ3) is 8.93. The van der Waals surface area contributed by atoms with Crippen LogP contribution in [-0.2, 0) is 20.7 Å². The van der Waals surface area contributed by atoms with Gasteiger partial charge < -0.3 is 9.35 Å². The summed E-state index contributed by atoms with van der Waals surface area (Å²) in [5.41, 5.74) is -0.159. The summed E-state index contributed by atoms with van der Waals surface area (Å²) in [6.07, 6.45) is 0. The standard InChI is InChI=1S/C13H7F2O4S.2Na.O3S/c14-10-4-1-8(2-5-10)13(16)9-3-6-11(15)12(7-9)20(17,18)19;;;1-4(2)3/h1-4,6-7H,(H,17,18,19);;;/q-1;2*+1;/p-1. The molecule has 0 aliphatic carbocycles. The molecule has 128 valence electrons. The van der Waals surface area contributed by atoms with Gasteiger partial charge in [0.15, 0.2) is 0 Å². The van der Waals surface area contributed by atoms with Crippen molar-refractivity contribution in [1.82, 2.24) is 0 Å². The molecule has 0 spiro atoms. The molecule has 0 aromatic heterocycles. The molecule has 0 saturated carbocycles. The van der Waals surface area contributed by atoms with Gasteiger partial charge in [-0.3, -0.25) is 0 Å². The summed E-state index contributed by atoms with van der Waals surface area (Å²) in [5, 5.41) is 0. The number of benzene rings is 2. The maximum absolute atomic E-state index is 13.2. The van der Waals surface area contributed by atoms with E-state index in [1.807, 2.05) is 0 Å². The van der Waals surface area contributed by atoms with E-state index in [0.29, 0.717) is 12.1 Å². The van der Waals surface area contributed by atoms with Gasteiger partial charge in [-0.25, -0.2) is 17.2 Å². The fourth-order valence-electron chi connectivity index (χ4n) is 1.55. The summed E-state index contributed by atoms with van der Waals surface area (Å²) in [6, 6.07) is 7.82. The monoisotopic (exact) mass is 422 g/mol. The molecule has 0 atom stereocenters. The van der Waals surface area contributed by atoms with Crippen molar-refractivity contribution in [2.75, 3.05) is 0 Å². The summed E-state index contributed by atoms with van der Waals surface area (Å²) in [6.45, 7) is 0. The van der Waals surface area contributed by atoms with Gasteiger partial charge in [-0.2, -0.15) is 12.1 Å². The van der Waals surface area contributed by atoms with Crippen molar-refractivity contribution in [2.24, 2.45) is 0 Å². The summed E-state index contributed by atoms with van der Waals surface area (Å²) in [7, 11) is -8.13. The van der Waals surface area contributed by atoms with Crippen molar-refractivity contribution in [2.45, 2.75) is 4.90 Å². The van der Waals surface area contributed by atoms with Gasteiger partial charge in [0.2, 0.25) is 0 Å². The summed E-state index contributed by atoms with van der Waals surface area (Å²) in [4.78, 5) is 10.9. The van der Waals surface area contributed by atoms with Gasteiger partial charge in [-0.05, 0) is 18.2 Å². The molecule has 0 aliphatic rings. The van der Waals surface area contributed by atoms with Crippen molar-refractivity contribution in [3.05, 3.63) is 65.2 Å². The van der Waals surface area contributed by atoms with Gasteiger partial charge in [0.1, 0.15) is 21.7 Å². The van der Waals surface area contributed by atoms with E-state index < -0.39 is 43.0 Å². The SMILES string of the molecule is O=C(c1c[c-]c(F)cc1)c1ccc(F)c(S(=O)(=O)[O-])c1.O=S(=O)=O.[Na+].[Na+]. The normalized spacial score (nSPS) is 9.65. The minimum Gasteiger partial charge on any atom is -0.744 e. The Bertz CT molecular complexity index is 970. The van der Waals surface area contributed by atoms with Crippen molar-refractivity contribution < 1.29 is 98.3 Å². The molecule has 0 heterocycles. The molecule has 2 aromatic rings. The average Bonchev–Trinajstić information content (AvgIpc) is 2.46. The van der Waals surface area contributed by atoms with Gasteiger partial charge >= 0.3 is 69.7 Å². The molecule has 26 heavy (non-hydrogen) atoms. The van der Waals surface area contributed by atoms with E-state index in [-0.39, 0.29) is 70.2 Å². The Morgan fingerprint density at radius 2 is 1.50 bits per heavy atom. The first kappa shape index (κ1) is 27.7. The summed E-state index contributed by atoms with van der Waals surface area (Å²) in [5.74, 6) is -2.57. The predicted octanol–water partition coefficient (Wildman–Crippen LogP) is -5.10. The van der Waals surface area contributed by atoms with Crippen LogP contribution in [0.3, 0.4) is 0 Å². The number of hydrogen-bond acceptors (Lipinski definition) is 7. The van der Waals surface area contributed by atoms with Crippen LogP contribution in [0.5, 0.6) is 0 Å². The van der Waals surface area contributed by atoms with Crippen molar-refractivity contribution in [3.63, 3.8) is 0 Å². The zero-order chi connectivity index (χ0) is 18.5. The fourth-order valence-corrected chi connectivity index (χ4v) is 2.13. The van der Waals surface area contributed by atoms with Crippen LogP contribution in [-0.4, -0.2) is 31.4 Å². The van der Waals surface area contributed by atoms with E-state index in [1.54, 1.807) is 0 Å². The van der Waals surface area contributed by atoms with Crippen LogP contribution in [0.25, 0.3) is 0 Å². The van der Waals surface area contributed by atoms with E-state index in [1.165, 1.54) is 6.07 Å². The van der Waals surface area contributed by atoms with E-state index in [9.17, 15) is 26.5 Å². The van der Waals surface area contributed by atoms with E-state index in [4.69, 9.17) is 12.6 Å². The molecule has 0 aliphatic heterocycles. The van der Waals surface area contributed by atoms with Crippen LogP contribution < -0.4 is 59.1 Å². The second-order valence-electron chi connectivity index (χ2n) is 4.06.